The smallest absolute Gasteiger partial charge is 0.226 e. The number of anilines is 1. The first kappa shape index (κ1) is 18.8. The predicted molar refractivity (Wildman–Crippen MR) is 92.9 cm³/mol. The number of hydrogen-bond donors (Lipinski definition) is 2. The van der Waals surface area contributed by atoms with Crippen molar-refractivity contribution in [1.29, 1.82) is 0 Å². The number of hydrogen-bond acceptors (Lipinski definition) is 3. The SMILES string of the molecule is CC1(C)CC(NC(=O)Cc2ccc(N)cn2)CC(C)(C)C1.Cl. The highest BCUT2D eigenvalue weighted by Crippen LogP contribution is 2.45. The van der Waals surface area contributed by atoms with Gasteiger partial charge in [-0.3, -0.25) is 9.78 Å². The molecule has 1 fully saturated rings. The van der Waals surface area contributed by atoms with Gasteiger partial charge in [0.05, 0.1) is 18.3 Å². The van der Waals surface area contributed by atoms with E-state index in [1.807, 2.05) is 6.07 Å². The van der Waals surface area contributed by atoms with Crippen LogP contribution in [-0.2, 0) is 11.2 Å². The number of nitrogens with two attached hydrogens (primary N) is 1. The maximum Gasteiger partial charge on any atom is 0.226 e. The minimum Gasteiger partial charge on any atom is -0.397 e. The molecule has 22 heavy (non-hydrogen) atoms. The van der Waals surface area contributed by atoms with Crippen molar-refractivity contribution in [3.8, 4) is 0 Å². The molecule has 2 rings (SSSR count). The van der Waals surface area contributed by atoms with E-state index in [1.54, 1.807) is 12.3 Å². The first-order valence-electron chi connectivity index (χ1n) is 7.65. The second-order valence-electron chi connectivity index (χ2n) is 7.94. The van der Waals surface area contributed by atoms with Crippen LogP contribution in [0.25, 0.3) is 0 Å². The maximum absolute atomic E-state index is 12.2. The molecule has 0 aromatic carbocycles. The van der Waals surface area contributed by atoms with Crippen LogP contribution in [0.4, 0.5) is 5.69 Å². The summed E-state index contributed by atoms with van der Waals surface area (Å²) in [5.74, 6) is 0.0470. The molecule has 1 aromatic rings. The second kappa shape index (κ2) is 6.86. The van der Waals surface area contributed by atoms with Crippen molar-refractivity contribution in [2.24, 2.45) is 10.8 Å². The van der Waals surface area contributed by atoms with E-state index in [2.05, 4.69) is 38.0 Å². The van der Waals surface area contributed by atoms with Crippen LogP contribution in [0.3, 0.4) is 0 Å². The zero-order chi connectivity index (χ0) is 15.7. The van der Waals surface area contributed by atoms with E-state index in [9.17, 15) is 4.79 Å². The van der Waals surface area contributed by atoms with Gasteiger partial charge in [-0.1, -0.05) is 27.7 Å². The van der Waals surface area contributed by atoms with Crippen molar-refractivity contribution in [2.45, 2.75) is 59.4 Å². The number of nitrogens with zero attached hydrogens (tertiary/aromatic N) is 1. The first-order valence-corrected chi connectivity index (χ1v) is 7.65. The molecule has 0 saturated heterocycles. The Kier molecular flexibility index (Phi) is 5.85. The monoisotopic (exact) mass is 325 g/mol. The minimum absolute atomic E-state index is 0. The van der Waals surface area contributed by atoms with Gasteiger partial charge in [0.15, 0.2) is 0 Å². The number of nitrogens with one attached hydrogen (secondary N) is 1. The van der Waals surface area contributed by atoms with Gasteiger partial charge >= 0.3 is 0 Å². The molecule has 1 saturated carbocycles. The summed E-state index contributed by atoms with van der Waals surface area (Å²) in [5, 5.41) is 3.18. The Labute approximate surface area is 139 Å². The summed E-state index contributed by atoms with van der Waals surface area (Å²) in [6, 6.07) is 3.84. The molecule has 0 unspecified atom stereocenters. The Morgan fingerprint density at radius 1 is 1.27 bits per heavy atom. The Morgan fingerprint density at radius 3 is 2.36 bits per heavy atom. The number of halogens is 1. The van der Waals surface area contributed by atoms with Gasteiger partial charge in [-0.05, 0) is 42.2 Å². The molecule has 0 spiro atoms. The highest BCUT2D eigenvalue weighted by atomic mass is 35.5. The Hall–Kier alpha value is -1.29. The van der Waals surface area contributed by atoms with E-state index in [0.717, 1.165) is 18.5 Å². The molecule has 1 aliphatic carbocycles. The number of carbonyl (C=O) groups excluding carboxylic acids is 1. The molecule has 0 aliphatic heterocycles. The molecule has 5 heteroatoms. The zero-order valence-corrected chi connectivity index (χ0v) is 14.8. The standard InChI is InChI=1S/C17H27N3O.ClH/c1-16(2)8-14(9-17(3,4)11-16)20-15(21)7-13-6-5-12(18)10-19-13;/h5-6,10,14H,7-9,11,18H2,1-4H3,(H,20,21);1H. The predicted octanol–water partition coefficient (Wildman–Crippen LogP) is 3.35. The lowest BCUT2D eigenvalue weighted by Crippen LogP contribution is -2.46. The molecule has 1 aromatic heterocycles. The highest BCUT2D eigenvalue weighted by Gasteiger charge is 2.38. The van der Waals surface area contributed by atoms with Gasteiger partial charge in [-0.15, -0.1) is 12.4 Å². The van der Waals surface area contributed by atoms with Crippen LogP contribution in [0.1, 0.15) is 52.7 Å². The summed E-state index contributed by atoms with van der Waals surface area (Å²) < 4.78 is 0. The van der Waals surface area contributed by atoms with Gasteiger partial charge in [0.25, 0.3) is 0 Å². The fourth-order valence-electron chi connectivity index (χ4n) is 3.93. The largest absolute Gasteiger partial charge is 0.397 e. The molecular formula is C17H28ClN3O. The van der Waals surface area contributed by atoms with Gasteiger partial charge in [0.1, 0.15) is 0 Å². The summed E-state index contributed by atoms with van der Waals surface area (Å²) in [4.78, 5) is 16.4. The summed E-state index contributed by atoms with van der Waals surface area (Å²) in [7, 11) is 0. The molecule has 1 heterocycles. The van der Waals surface area contributed by atoms with Gasteiger partial charge < -0.3 is 11.1 Å². The Bertz CT molecular complexity index is 495. The van der Waals surface area contributed by atoms with Crippen LogP contribution >= 0.6 is 12.4 Å². The number of rotatable bonds is 3. The van der Waals surface area contributed by atoms with Crippen LogP contribution < -0.4 is 11.1 Å². The third-order valence-corrected chi connectivity index (χ3v) is 4.11. The zero-order valence-electron chi connectivity index (χ0n) is 14.0. The first-order chi connectivity index (χ1) is 9.65. The molecule has 0 bridgehead atoms. The van der Waals surface area contributed by atoms with E-state index < -0.39 is 0 Å². The number of aromatic nitrogens is 1. The van der Waals surface area contributed by atoms with Crippen LogP contribution in [0.15, 0.2) is 18.3 Å². The lowest BCUT2D eigenvalue weighted by molar-refractivity contribution is -0.122. The number of amides is 1. The van der Waals surface area contributed by atoms with Crippen LogP contribution in [-0.4, -0.2) is 16.9 Å². The second-order valence-corrected chi connectivity index (χ2v) is 7.94. The number of carbonyl (C=O) groups is 1. The number of pyridine rings is 1. The van der Waals surface area contributed by atoms with Gasteiger partial charge in [0.2, 0.25) is 5.91 Å². The van der Waals surface area contributed by atoms with Crippen molar-refractivity contribution in [2.75, 3.05) is 5.73 Å². The third-order valence-electron chi connectivity index (χ3n) is 4.11. The van der Waals surface area contributed by atoms with E-state index in [0.29, 0.717) is 12.1 Å². The highest BCUT2D eigenvalue weighted by molar-refractivity contribution is 5.85. The quantitative estimate of drug-likeness (QED) is 0.895. The fourth-order valence-corrected chi connectivity index (χ4v) is 3.93. The molecule has 1 aliphatic rings. The van der Waals surface area contributed by atoms with E-state index >= 15 is 0 Å². The lowest BCUT2D eigenvalue weighted by Gasteiger charge is -2.45. The van der Waals surface area contributed by atoms with E-state index in [-0.39, 0.29) is 35.2 Å². The van der Waals surface area contributed by atoms with Crippen molar-refractivity contribution in [3.05, 3.63) is 24.0 Å². The van der Waals surface area contributed by atoms with Gasteiger partial charge in [-0.2, -0.15) is 0 Å². The molecule has 4 nitrogen and oxygen atoms in total. The topological polar surface area (TPSA) is 68.0 Å². The van der Waals surface area contributed by atoms with Crippen molar-refractivity contribution in [1.82, 2.24) is 10.3 Å². The minimum atomic E-state index is 0. The molecular weight excluding hydrogens is 298 g/mol. The molecule has 0 radical (unpaired) electrons. The Morgan fingerprint density at radius 2 is 1.86 bits per heavy atom. The van der Waals surface area contributed by atoms with Gasteiger partial charge in [-0.25, -0.2) is 0 Å². The average molecular weight is 326 g/mol. The maximum atomic E-state index is 12.2. The summed E-state index contributed by atoms with van der Waals surface area (Å²) in [6.07, 6.45) is 5.19. The fraction of sp³-hybridized carbons (Fsp3) is 0.647. The van der Waals surface area contributed by atoms with Crippen molar-refractivity contribution >= 4 is 24.0 Å². The molecule has 1 amide bonds. The lowest BCUT2D eigenvalue weighted by atomic mass is 9.63. The summed E-state index contributed by atoms with van der Waals surface area (Å²) in [5.41, 5.74) is 7.54. The van der Waals surface area contributed by atoms with Crippen LogP contribution in [0.5, 0.6) is 0 Å². The third kappa shape index (κ3) is 5.48. The van der Waals surface area contributed by atoms with Crippen LogP contribution in [0, 0.1) is 10.8 Å². The molecule has 3 N–H and O–H groups in total. The average Bonchev–Trinajstić information content (AvgIpc) is 2.27. The number of nitrogen functional groups attached to an aromatic ring is 1. The summed E-state index contributed by atoms with van der Waals surface area (Å²) >= 11 is 0. The summed E-state index contributed by atoms with van der Waals surface area (Å²) in [6.45, 7) is 9.15. The molecule has 0 atom stereocenters. The van der Waals surface area contributed by atoms with Crippen LogP contribution in [0.2, 0.25) is 0 Å². The van der Waals surface area contributed by atoms with E-state index in [4.69, 9.17) is 5.73 Å². The van der Waals surface area contributed by atoms with Crippen molar-refractivity contribution in [3.63, 3.8) is 0 Å². The molecule has 124 valence electrons. The van der Waals surface area contributed by atoms with E-state index in [1.165, 1.54) is 6.42 Å². The van der Waals surface area contributed by atoms with Gasteiger partial charge in [0, 0.05) is 11.7 Å². The normalized spacial score (nSPS) is 20.0. The van der Waals surface area contributed by atoms with Crippen molar-refractivity contribution < 1.29 is 4.79 Å². The Balaban J connectivity index is 0.00000242.